The van der Waals surface area contributed by atoms with Crippen LogP contribution in [0, 0.1) is 0 Å². The monoisotopic (exact) mass is 287 g/mol. The van der Waals surface area contributed by atoms with E-state index in [1.54, 1.807) is 0 Å². The highest BCUT2D eigenvalue weighted by atomic mass is 79.9. The number of benzene rings is 1. The van der Waals surface area contributed by atoms with Gasteiger partial charge in [0.1, 0.15) is 0 Å². The normalized spacial score (nSPS) is 20.2. The molecule has 82 valence electrons. The Morgan fingerprint density at radius 2 is 1.87 bits per heavy atom. The summed E-state index contributed by atoms with van der Waals surface area (Å²) in [5.74, 6) is 0. The molecule has 0 heterocycles. The van der Waals surface area contributed by atoms with E-state index in [4.69, 9.17) is 17.3 Å². The van der Waals surface area contributed by atoms with E-state index in [0.29, 0.717) is 0 Å². The lowest BCUT2D eigenvalue weighted by atomic mass is 9.77. The van der Waals surface area contributed by atoms with E-state index in [1.807, 2.05) is 12.1 Å². The molecule has 1 aromatic carbocycles. The lowest BCUT2D eigenvalue weighted by Gasteiger charge is -2.34. The summed E-state index contributed by atoms with van der Waals surface area (Å²) in [5, 5.41) is 0.753. The fourth-order valence-corrected chi connectivity index (χ4v) is 3.17. The zero-order valence-corrected chi connectivity index (χ0v) is 10.9. The predicted octanol–water partition coefficient (Wildman–Crippen LogP) is 4.22. The molecule has 0 amide bonds. The molecule has 0 radical (unpaired) electrons. The number of hydrogen-bond acceptors (Lipinski definition) is 1. The van der Waals surface area contributed by atoms with Crippen LogP contribution in [0.4, 0.5) is 0 Å². The molecule has 0 atom stereocenters. The Morgan fingerprint density at radius 1 is 1.20 bits per heavy atom. The van der Waals surface area contributed by atoms with E-state index < -0.39 is 0 Å². The Kier molecular flexibility index (Phi) is 3.39. The molecular formula is C12H15BrClN. The van der Waals surface area contributed by atoms with Crippen molar-refractivity contribution in [2.75, 3.05) is 0 Å². The van der Waals surface area contributed by atoms with Gasteiger partial charge in [0.2, 0.25) is 0 Å². The third-order valence-corrected chi connectivity index (χ3v) is 4.63. The molecule has 3 heteroatoms. The van der Waals surface area contributed by atoms with Crippen LogP contribution >= 0.6 is 27.5 Å². The third kappa shape index (κ3) is 2.22. The number of nitrogens with two attached hydrogens (primary N) is 1. The van der Waals surface area contributed by atoms with Gasteiger partial charge in [-0.1, -0.05) is 43.0 Å². The van der Waals surface area contributed by atoms with E-state index in [0.717, 1.165) is 27.9 Å². The maximum atomic E-state index is 6.46. The third-order valence-electron chi connectivity index (χ3n) is 3.23. The van der Waals surface area contributed by atoms with E-state index in [9.17, 15) is 0 Å². The highest BCUT2D eigenvalue weighted by Crippen LogP contribution is 2.40. The van der Waals surface area contributed by atoms with Crippen molar-refractivity contribution in [1.29, 1.82) is 0 Å². The highest BCUT2D eigenvalue weighted by Gasteiger charge is 2.31. The van der Waals surface area contributed by atoms with E-state index in [2.05, 4.69) is 22.0 Å². The summed E-state index contributed by atoms with van der Waals surface area (Å²) >= 11 is 9.63. The second kappa shape index (κ2) is 4.44. The van der Waals surface area contributed by atoms with Crippen LogP contribution in [0.25, 0.3) is 0 Å². The summed E-state index contributed by atoms with van der Waals surface area (Å²) in [6.07, 6.45) is 5.86. The van der Waals surface area contributed by atoms with Gasteiger partial charge in [0.25, 0.3) is 0 Å². The molecule has 1 aromatic rings. The van der Waals surface area contributed by atoms with Crippen molar-refractivity contribution in [2.24, 2.45) is 5.73 Å². The van der Waals surface area contributed by atoms with Crippen LogP contribution < -0.4 is 5.73 Å². The van der Waals surface area contributed by atoms with Crippen LogP contribution in [-0.2, 0) is 5.54 Å². The van der Waals surface area contributed by atoms with Crippen molar-refractivity contribution in [2.45, 2.75) is 37.6 Å². The topological polar surface area (TPSA) is 26.0 Å². The average molecular weight is 289 g/mol. The second-order valence-corrected chi connectivity index (χ2v) is 5.52. The van der Waals surface area contributed by atoms with E-state index in [1.165, 1.54) is 19.3 Å². The summed E-state index contributed by atoms with van der Waals surface area (Å²) in [7, 11) is 0. The van der Waals surface area contributed by atoms with Crippen molar-refractivity contribution in [3.63, 3.8) is 0 Å². The molecule has 2 rings (SSSR count). The fourth-order valence-electron chi connectivity index (χ4n) is 2.34. The Bertz CT molecular complexity index is 359. The highest BCUT2D eigenvalue weighted by molar-refractivity contribution is 9.10. The lowest BCUT2D eigenvalue weighted by molar-refractivity contribution is 0.301. The molecule has 15 heavy (non-hydrogen) atoms. The smallest absolute Gasteiger partial charge is 0.0551 e. The largest absolute Gasteiger partial charge is 0.321 e. The average Bonchev–Trinajstić information content (AvgIpc) is 2.23. The maximum absolute atomic E-state index is 6.46. The van der Waals surface area contributed by atoms with Gasteiger partial charge in [-0.3, -0.25) is 0 Å². The predicted molar refractivity (Wildman–Crippen MR) is 68.1 cm³/mol. The zero-order valence-electron chi connectivity index (χ0n) is 8.60. The minimum Gasteiger partial charge on any atom is -0.321 e. The van der Waals surface area contributed by atoms with Crippen LogP contribution in [0.3, 0.4) is 0 Å². The van der Waals surface area contributed by atoms with Gasteiger partial charge in [-0.15, -0.1) is 0 Å². The molecule has 1 aliphatic carbocycles. The first-order valence-electron chi connectivity index (χ1n) is 5.37. The fraction of sp³-hybridized carbons (Fsp3) is 0.500. The molecule has 1 saturated carbocycles. The summed E-state index contributed by atoms with van der Waals surface area (Å²) in [4.78, 5) is 0. The Labute approximate surface area is 104 Å². The minimum absolute atomic E-state index is 0.179. The van der Waals surface area contributed by atoms with Crippen molar-refractivity contribution in [3.05, 3.63) is 33.3 Å². The Morgan fingerprint density at radius 3 is 2.53 bits per heavy atom. The molecule has 0 aliphatic heterocycles. The SMILES string of the molecule is NC1(c2cccc(Cl)c2Br)CCCCC1. The Balaban J connectivity index is 2.39. The van der Waals surface area contributed by atoms with Gasteiger partial charge in [0.15, 0.2) is 0 Å². The first-order chi connectivity index (χ1) is 7.13. The maximum Gasteiger partial charge on any atom is 0.0551 e. The molecular weight excluding hydrogens is 273 g/mol. The molecule has 2 N–H and O–H groups in total. The first kappa shape index (κ1) is 11.4. The van der Waals surface area contributed by atoms with Gasteiger partial charge >= 0.3 is 0 Å². The minimum atomic E-state index is -0.179. The summed E-state index contributed by atoms with van der Waals surface area (Å²) < 4.78 is 0.969. The lowest BCUT2D eigenvalue weighted by Crippen LogP contribution is -2.38. The molecule has 0 saturated heterocycles. The molecule has 0 spiro atoms. The van der Waals surface area contributed by atoms with Gasteiger partial charge in [0, 0.05) is 10.0 Å². The number of hydrogen-bond donors (Lipinski definition) is 1. The van der Waals surface area contributed by atoms with Gasteiger partial charge in [-0.25, -0.2) is 0 Å². The van der Waals surface area contributed by atoms with Crippen LogP contribution in [0.5, 0.6) is 0 Å². The van der Waals surface area contributed by atoms with Crippen molar-refractivity contribution < 1.29 is 0 Å². The molecule has 0 aromatic heterocycles. The van der Waals surface area contributed by atoms with E-state index >= 15 is 0 Å². The van der Waals surface area contributed by atoms with Crippen molar-refractivity contribution in [3.8, 4) is 0 Å². The van der Waals surface area contributed by atoms with Crippen LogP contribution in [0.2, 0.25) is 5.02 Å². The van der Waals surface area contributed by atoms with Crippen LogP contribution in [0.15, 0.2) is 22.7 Å². The zero-order chi connectivity index (χ0) is 10.9. The number of rotatable bonds is 1. The first-order valence-corrected chi connectivity index (χ1v) is 6.54. The molecule has 1 aliphatic rings. The van der Waals surface area contributed by atoms with Gasteiger partial charge in [0.05, 0.1) is 5.02 Å². The van der Waals surface area contributed by atoms with Crippen molar-refractivity contribution in [1.82, 2.24) is 0 Å². The molecule has 1 nitrogen and oxygen atoms in total. The van der Waals surface area contributed by atoms with Gasteiger partial charge < -0.3 is 5.73 Å². The van der Waals surface area contributed by atoms with E-state index in [-0.39, 0.29) is 5.54 Å². The summed E-state index contributed by atoms with van der Waals surface area (Å²) in [6.45, 7) is 0. The second-order valence-electron chi connectivity index (χ2n) is 4.32. The van der Waals surface area contributed by atoms with Crippen LogP contribution in [-0.4, -0.2) is 0 Å². The summed E-state index contributed by atoms with van der Waals surface area (Å²) in [5.41, 5.74) is 7.44. The number of halogens is 2. The quantitative estimate of drug-likeness (QED) is 0.822. The summed E-state index contributed by atoms with van der Waals surface area (Å²) in [6, 6.07) is 5.95. The molecule has 0 bridgehead atoms. The van der Waals surface area contributed by atoms with Crippen molar-refractivity contribution >= 4 is 27.5 Å². The van der Waals surface area contributed by atoms with Crippen LogP contribution in [0.1, 0.15) is 37.7 Å². The Hall–Kier alpha value is -0.0500. The molecule has 0 unspecified atom stereocenters. The standard InChI is InChI=1S/C12H15BrClN/c13-11-9(5-4-6-10(11)14)12(15)7-2-1-3-8-12/h4-6H,1-3,7-8,15H2. The van der Waals surface area contributed by atoms with Gasteiger partial charge in [-0.2, -0.15) is 0 Å². The molecule has 1 fully saturated rings. The van der Waals surface area contributed by atoms with Gasteiger partial charge in [-0.05, 0) is 40.4 Å².